The van der Waals surface area contributed by atoms with Gasteiger partial charge in [0.1, 0.15) is 11.5 Å². The molecule has 1 atom stereocenters. The number of carbonyl (C=O) groups is 1. The van der Waals surface area contributed by atoms with Crippen LogP contribution >= 0.6 is 22.7 Å². The molecular formula is C33H39N3O3S2. The van der Waals surface area contributed by atoms with E-state index in [9.17, 15) is 15.0 Å². The summed E-state index contributed by atoms with van der Waals surface area (Å²) in [4.78, 5) is 22.4. The summed E-state index contributed by atoms with van der Waals surface area (Å²) in [5.41, 5.74) is 7.27. The molecule has 0 spiro atoms. The van der Waals surface area contributed by atoms with Gasteiger partial charge in [0.05, 0.1) is 15.8 Å². The lowest BCUT2D eigenvalue weighted by molar-refractivity contribution is 0.0867. The topological polar surface area (TPSA) is 108 Å². The summed E-state index contributed by atoms with van der Waals surface area (Å²) in [6.45, 7) is 1.84. The number of ketones is 1. The minimum atomic E-state index is -0.00724. The second-order valence-corrected chi connectivity index (χ2v) is 13.5. The fourth-order valence-electron chi connectivity index (χ4n) is 6.25. The van der Waals surface area contributed by atoms with Crippen molar-refractivity contribution in [3.8, 4) is 33.1 Å². The Balaban J connectivity index is 1.25. The van der Waals surface area contributed by atoms with Crippen molar-refractivity contribution < 1.29 is 15.0 Å². The molecule has 3 aromatic rings. The highest BCUT2D eigenvalue weighted by atomic mass is 32.1. The smallest absolute Gasteiger partial charge is 0.189 e. The zero-order valence-corrected chi connectivity index (χ0v) is 25.2. The molecule has 2 heterocycles. The molecule has 2 aliphatic carbocycles. The molecule has 2 fully saturated rings. The number of nitrogens with zero attached hydrogens (tertiary/aromatic N) is 1. The van der Waals surface area contributed by atoms with Crippen LogP contribution in [0.5, 0.6) is 11.5 Å². The molecule has 0 amide bonds. The number of Topliss-reactive ketones (excluding diaryl/α,β-unsaturated/α-hetero) is 1. The number of thiophene rings is 2. The second-order valence-electron chi connectivity index (χ2n) is 11.3. The van der Waals surface area contributed by atoms with Crippen LogP contribution in [-0.2, 0) is 6.42 Å². The number of hydrogen-bond acceptors (Lipinski definition) is 6. The number of aliphatic imine (C=N–C) groups is 1. The molecule has 0 aliphatic heterocycles. The molecule has 216 valence electrons. The first-order valence-corrected chi connectivity index (χ1v) is 16.3. The van der Waals surface area contributed by atoms with Gasteiger partial charge in [-0.2, -0.15) is 0 Å². The molecule has 0 radical (unpaired) electrons. The minimum absolute atomic E-state index is 0.00724. The number of phenols is 2. The summed E-state index contributed by atoms with van der Waals surface area (Å²) in [6, 6.07) is 13.1. The first-order chi connectivity index (χ1) is 19.9. The van der Waals surface area contributed by atoms with Crippen molar-refractivity contribution in [2.45, 2.75) is 83.2 Å². The normalized spacial score (nSPS) is 20.7. The molecule has 2 aliphatic rings. The maximum Gasteiger partial charge on any atom is 0.189 e. The highest BCUT2D eigenvalue weighted by Crippen LogP contribution is 2.38. The summed E-state index contributed by atoms with van der Waals surface area (Å²) < 4.78 is 0. The van der Waals surface area contributed by atoms with Crippen LogP contribution < -0.4 is 11.1 Å². The lowest BCUT2D eigenvalue weighted by atomic mass is 9.75. The van der Waals surface area contributed by atoms with E-state index in [0.717, 1.165) is 63.6 Å². The van der Waals surface area contributed by atoms with Crippen LogP contribution in [0.15, 0.2) is 47.5 Å². The van der Waals surface area contributed by atoms with Crippen LogP contribution in [0.25, 0.3) is 9.75 Å². The molecule has 1 aromatic carbocycles. The van der Waals surface area contributed by atoms with Gasteiger partial charge in [0.2, 0.25) is 0 Å². The zero-order valence-electron chi connectivity index (χ0n) is 23.6. The monoisotopic (exact) mass is 589 g/mol. The SMILES string of the molecule is CC#Cc1ccc(-c2ccc(C(=O)C3CCC([C@H](Cc4cc(O)cc(O)c4)NC(N)=NC4CCCCC4)CC3)s2)s1. The van der Waals surface area contributed by atoms with Gasteiger partial charge >= 0.3 is 0 Å². The van der Waals surface area contributed by atoms with Crippen molar-refractivity contribution in [3.05, 3.63) is 57.8 Å². The van der Waals surface area contributed by atoms with E-state index in [2.05, 4.69) is 29.3 Å². The molecule has 2 aromatic heterocycles. The molecular weight excluding hydrogens is 551 g/mol. The predicted octanol–water partition coefficient (Wildman–Crippen LogP) is 7.10. The van der Waals surface area contributed by atoms with Crippen molar-refractivity contribution >= 4 is 34.4 Å². The minimum Gasteiger partial charge on any atom is -0.508 e. The Morgan fingerprint density at radius 2 is 1.66 bits per heavy atom. The first kappa shape index (κ1) is 29.2. The average molecular weight is 590 g/mol. The standard InChI is InChI=1S/C33H39N3O3S2/c1-2-6-27-13-14-29(40-27)30-15-16-31(41-30)32(39)23-11-9-22(10-12-23)28(19-21-17-25(37)20-26(38)18-21)36-33(34)35-24-7-4-3-5-8-24/h13-18,20,22-24,28,37-38H,3-5,7-12,19H2,1H3,(H3,34,35,36)/t22?,23?,28-/m0/s1. The van der Waals surface area contributed by atoms with Crippen LogP contribution in [0.4, 0.5) is 0 Å². The highest BCUT2D eigenvalue weighted by molar-refractivity contribution is 7.23. The van der Waals surface area contributed by atoms with Crippen molar-refractivity contribution in [3.63, 3.8) is 0 Å². The fraction of sp³-hybridized carbons (Fsp3) is 0.455. The molecule has 0 bridgehead atoms. The maximum atomic E-state index is 13.5. The van der Waals surface area contributed by atoms with Crippen molar-refractivity contribution in [1.82, 2.24) is 5.32 Å². The predicted molar refractivity (Wildman–Crippen MR) is 169 cm³/mol. The van der Waals surface area contributed by atoms with Crippen molar-refractivity contribution in [2.24, 2.45) is 22.6 Å². The molecule has 0 saturated heterocycles. The van der Waals surface area contributed by atoms with Crippen LogP contribution in [-0.4, -0.2) is 34.0 Å². The fourth-order valence-corrected chi connectivity index (χ4v) is 8.27. The largest absolute Gasteiger partial charge is 0.508 e. The summed E-state index contributed by atoms with van der Waals surface area (Å²) >= 11 is 3.24. The molecule has 5 rings (SSSR count). The van der Waals surface area contributed by atoms with E-state index in [1.807, 2.05) is 19.1 Å². The summed E-state index contributed by atoms with van der Waals surface area (Å²) in [7, 11) is 0. The van der Waals surface area contributed by atoms with Crippen LogP contribution in [0.1, 0.15) is 84.8 Å². The quantitative estimate of drug-likeness (QED) is 0.0971. The van der Waals surface area contributed by atoms with Gasteiger partial charge in [-0.3, -0.25) is 9.79 Å². The number of hydrogen-bond donors (Lipinski definition) is 4. The number of aromatic hydroxyl groups is 2. The Hall–Kier alpha value is -3.28. The lowest BCUT2D eigenvalue weighted by Crippen LogP contribution is -2.47. The third kappa shape index (κ3) is 7.72. The number of phenolic OH excluding ortho intramolecular Hbond substituents is 2. The number of guanidine groups is 1. The van der Waals surface area contributed by atoms with E-state index in [4.69, 9.17) is 10.7 Å². The average Bonchev–Trinajstić information content (AvgIpc) is 3.63. The van der Waals surface area contributed by atoms with Crippen molar-refractivity contribution in [2.75, 3.05) is 0 Å². The molecule has 41 heavy (non-hydrogen) atoms. The Kier molecular flexibility index (Phi) is 9.68. The molecule has 0 unspecified atom stereocenters. The van der Waals surface area contributed by atoms with Crippen LogP contribution in [0, 0.1) is 23.7 Å². The molecule has 6 nitrogen and oxygen atoms in total. The number of nitrogens with two attached hydrogens (primary N) is 1. The third-order valence-electron chi connectivity index (χ3n) is 8.31. The lowest BCUT2D eigenvalue weighted by Gasteiger charge is -2.34. The Labute approximate surface area is 250 Å². The van der Waals surface area contributed by atoms with E-state index in [1.54, 1.807) is 34.8 Å². The van der Waals surface area contributed by atoms with Gasteiger partial charge in [-0.05, 0) is 99.7 Å². The van der Waals surface area contributed by atoms with Gasteiger partial charge in [-0.1, -0.05) is 25.2 Å². The summed E-state index contributed by atoms with van der Waals surface area (Å²) in [5.74, 6) is 7.16. The zero-order chi connectivity index (χ0) is 28.8. The van der Waals surface area contributed by atoms with Gasteiger partial charge in [-0.25, -0.2) is 0 Å². The number of carbonyl (C=O) groups excluding carboxylic acids is 1. The van der Waals surface area contributed by atoms with E-state index in [0.29, 0.717) is 18.3 Å². The highest BCUT2D eigenvalue weighted by Gasteiger charge is 2.32. The van der Waals surface area contributed by atoms with Gasteiger partial charge in [0.25, 0.3) is 0 Å². The Morgan fingerprint density at radius 1 is 0.976 bits per heavy atom. The molecule has 2 saturated carbocycles. The van der Waals surface area contributed by atoms with Crippen LogP contribution in [0.2, 0.25) is 0 Å². The summed E-state index contributed by atoms with van der Waals surface area (Å²) in [5, 5.41) is 23.6. The first-order valence-electron chi connectivity index (χ1n) is 14.7. The third-order valence-corrected chi connectivity index (χ3v) is 10.6. The van der Waals surface area contributed by atoms with E-state index < -0.39 is 0 Å². The number of benzene rings is 1. The van der Waals surface area contributed by atoms with E-state index in [1.165, 1.54) is 25.3 Å². The Morgan fingerprint density at radius 3 is 2.37 bits per heavy atom. The van der Waals surface area contributed by atoms with E-state index in [-0.39, 0.29) is 35.3 Å². The maximum absolute atomic E-state index is 13.5. The summed E-state index contributed by atoms with van der Waals surface area (Å²) in [6.07, 6.45) is 9.86. The van der Waals surface area contributed by atoms with E-state index >= 15 is 0 Å². The Bertz CT molecular complexity index is 1410. The number of nitrogens with one attached hydrogen (secondary N) is 1. The van der Waals surface area contributed by atoms with Gasteiger partial charge in [0.15, 0.2) is 11.7 Å². The molecule has 5 N–H and O–H groups in total. The van der Waals surface area contributed by atoms with Gasteiger partial charge in [-0.15, -0.1) is 28.6 Å². The van der Waals surface area contributed by atoms with Gasteiger partial charge in [0, 0.05) is 27.8 Å². The van der Waals surface area contributed by atoms with Gasteiger partial charge < -0.3 is 21.3 Å². The van der Waals surface area contributed by atoms with Crippen LogP contribution in [0.3, 0.4) is 0 Å². The molecule has 8 heteroatoms. The second kappa shape index (κ2) is 13.6. The number of rotatable bonds is 8. The van der Waals surface area contributed by atoms with Crippen molar-refractivity contribution in [1.29, 1.82) is 0 Å².